The second-order valence-corrected chi connectivity index (χ2v) is 11.1. The lowest BCUT2D eigenvalue weighted by molar-refractivity contribution is -0.176. The average Bonchev–Trinajstić information content (AvgIpc) is 3.03. The third-order valence-electron chi connectivity index (χ3n) is 9.43. The van der Waals surface area contributed by atoms with Crippen LogP contribution in [0.25, 0.3) is 0 Å². The Morgan fingerprint density at radius 1 is 1.27 bits per heavy atom. The van der Waals surface area contributed by atoms with E-state index in [1.165, 1.54) is 6.08 Å². The first-order chi connectivity index (χ1) is 15.6. The summed E-state index contributed by atoms with van der Waals surface area (Å²) in [5.74, 6) is -2.33. The molecule has 0 amide bonds. The molecule has 4 rings (SSSR count). The zero-order valence-corrected chi connectivity index (χ0v) is 20.3. The molecule has 9 atom stereocenters. The molecule has 0 spiro atoms. The van der Waals surface area contributed by atoms with Gasteiger partial charge in [-0.3, -0.25) is 9.59 Å². The third-order valence-corrected chi connectivity index (χ3v) is 9.43. The van der Waals surface area contributed by atoms with Crippen molar-refractivity contribution in [3.8, 4) is 0 Å². The highest BCUT2D eigenvalue weighted by molar-refractivity contribution is 6.04. The molecular weight excluding hydrogens is 426 g/mol. The number of unbranched alkanes of at least 4 members (excludes halogenated alkanes) is 2. The fraction of sp³-hybridized carbons (Fsp3) is 0.778. The molecule has 3 saturated carbocycles. The molecule has 184 valence electrons. The van der Waals surface area contributed by atoms with E-state index in [1.807, 2.05) is 0 Å². The quantitative estimate of drug-likeness (QED) is 0.408. The number of aliphatic hydroxyl groups excluding tert-OH is 1. The smallest absolute Gasteiger partial charge is 0.306 e. The molecule has 0 aromatic heterocycles. The van der Waals surface area contributed by atoms with Crippen molar-refractivity contribution in [2.24, 2.45) is 34.5 Å². The van der Waals surface area contributed by atoms with Gasteiger partial charge in [-0.05, 0) is 55.9 Å². The summed E-state index contributed by atoms with van der Waals surface area (Å²) >= 11 is 0. The van der Waals surface area contributed by atoms with E-state index >= 15 is 4.39 Å². The van der Waals surface area contributed by atoms with Crippen LogP contribution in [0.2, 0.25) is 0 Å². The zero-order chi connectivity index (χ0) is 24.1. The van der Waals surface area contributed by atoms with Crippen LogP contribution in [0.5, 0.6) is 0 Å². The van der Waals surface area contributed by atoms with Crippen molar-refractivity contribution < 1.29 is 28.2 Å². The Morgan fingerprint density at radius 2 is 2.00 bits per heavy atom. The average molecular weight is 465 g/mol. The maximum atomic E-state index is 15.5. The van der Waals surface area contributed by atoms with Crippen LogP contribution in [-0.4, -0.2) is 35.2 Å². The number of hydrogen-bond donors (Lipinski definition) is 1. The normalized spacial score (nSPS) is 44.3. The summed E-state index contributed by atoms with van der Waals surface area (Å²) in [5, 5.41) is 11.5. The lowest BCUT2D eigenvalue weighted by atomic mass is 9.46. The first kappa shape index (κ1) is 24.6. The van der Waals surface area contributed by atoms with Gasteiger partial charge in [0.05, 0.1) is 6.10 Å². The largest absolute Gasteiger partial charge is 0.461 e. The highest BCUT2D eigenvalue weighted by Gasteiger charge is 2.67. The monoisotopic (exact) mass is 464 g/mol. The molecule has 0 heterocycles. The maximum Gasteiger partial charge on any atom is 0.306 e. The topological polar surface area (TPSA) is 63.6 Å². The Kier molecular flexibility index (Phi) is 6.63. The van der Waals surface area contributed by atoms with Crippen LogP contribution in [0, 0.1) is 34.5 Å². The summed E-state index contributed by atoms with van der Waals surface area (Å²) in [6.45, 7) is 8.01. The summed E-state index contributed by atoms with van der Waals surface area (Å²) in [6, 6.07) is 0. The van der Waals surface area contributed by atoms with Crippen molar-refractivity contribution in [1.82, 2.24) is 0 Å². The number of hydrogen-bond acceptors (Lipinski definition) is 4. The second-order valence-electron chi connectivity index (χ2n) is 11.1. The van der Waals surface area contributed by atoms with Crippen molar-refractivity contribution in [2.45, 2.75) is 97.4 Å². The van der Waals surface area contributed by atoms with Crippen LogP contribution in [0.1, 0.15) is 79.1 Å². The standard InChI is InChI=1S/C27H38F2O4/c1-5-7-8-9-21(32)33-25-15(3)12-17-16-13-18(28)23-24(29)19(30)10-11-26(23,4)22(16)20(31)14-27(17,25)6-2/h10-11,15-18,20,22,25,31H,5-9,12-14H2,1-4H3/t15-,16-,17-,18-,20-,22+,25+,26+,27-/m0/s1. The Labute approximate surface area is 195 Å². The SMILES string of the molecule is CCCCCC(=O)O[C@@H]1[C@@H](C)C[C@H]2[C@@H]3C[C@H](F)C4=C(F)C(=O)C=C[C@]4(C)[C@H]3[C@@H](O)C[C@]12CC. The number of esters is 1. The van der Waals surface area contributed by atoms with Crippen molar-refractivity contribution in [1.29, 1.82) is 0 Å². The Bertz CT molecular complexity index is 866. The number of alkyl halides is 1. The van der Waals surface area contributed by atoms with Gasteiger partial charge in [-0.1, -0.05) is 46.6 Å². The molecule has 0 bridgehead atoms. The van der Waals surface area contributed by atoms with Crippen molar-refractivity contribution in [3.63, 3.8) is 0 Å². The van der Waals surface area contributed by atoms with Crippen molar-refractivity contribution >= 4 is 11.8 Å². The van der Waals surface area contributed by atoms with E-state index in [2.05, 4.69) is 20.8 Å². The Morgan fingerprint density at radius 3 is 2.67 bits per heavy atom. The van der Waals surface area contributed by atoms with Gasteiger partial charge in [0.15, 0.2) is 5.83 Å². The van der Waals surface area contributed by atoms with Gasteiger partial charge in [-0.25, -0.2) is 8.78 Å². The first-order valence-corrected chi connectivity index (χ1v) is 12.8. The van der Waals surface area contributed by atoms with Gasteiger partial charge < -0.3 is 9.84 Å². The summed E-state index contributed by atoms with van der Waals surface area (Å²) in [5.41, 5.74) is -1.54. The molecule has 4 nitrogen and oxygen atoms in total. The number of ketones is 1. The van der Waals surface area contributed by atoms with Gasteiger partial charge in [-0.15, -0.1) is 0 Å². The van der Waals surface area contributed by atoms with Crippen LogP contribution in [-0.2, 0) is 14.3 Å². The number of carbonyl (C=O) groups is 2. The second kappa shape index (κ2) is 8.90. The van der Waals surface area contributed by atoms with Crippen LogP contribution < -0.4 is 0 Å². The number of fused-ring (bicyclic) bond motifs is 5. The highest BCUT2D eigenvalue weighted by Crippen LogP contribution is 2.67. The molecule has 33 heavy (non-hydrogen) atoms. The van der Waals surface area contributed by atoms with Gasteiger partial charge in [0.1, 0.15) is 12.3 Å². The fourth-order valence-corrected chi connectivity index (χ4v) is 8.08. The van der Waals surface area contributed by atoms with Crippen LogP contribution in [0.4, 0.5) is 8.78 Å². The molecule has 3 fully saturated rings. The molecular formula is C27H38F2O4. The number of rotatable bonds is 6. The van der Waals surface area contributed by atoms with E-state index in [0.717, 1.165) is 32.1 Å². The summed E-state index contributed by atoms with van der Waals surface area (Å²) in [4.78, 5) is 24.6. The number of carbonyl (C=O) groups excluding carboxylic acids is 2. The minimum Gasteiger partial charge on any atom is -0.461 e. The van der Waals surface area contributed by atoms with E-state index in [9.17, 15) is 19.1 Å². The molecule has 0 radical (unpaired) electrons. The van der Waals surface area contributed by atoms with Gasteiger partial charge in [-0.2, -0.15) is 0 Å². The number of aliphatic hydroxyl groups is 1. The van der Waals surface area contributed by atoms with Gasteiger partial charge in [0.25, 0.3) is 0 Å². The van der Waals surface area contributed by atoms with Crippen molar-refractivity contribution in [2.75, 3.05) is 0 Å². The molecule has 6 heteroatoms. The molecule has 0 aromatic carbocycles. The van der Waals surface area contributed by atoms with Gasteiger partial charge >= 0.3 is 5.97 Å². The number of allylic oxidation sites excluding steroid dienone is 4. The Hall–Kier alpha value is -1.56. The zero-order valence-electron chi connectivity index (χ0n) is 20.3. The molecule has 1 N–H and O–H groups in total. The lowest BCUT2D eigenvalue weighted by Crippen LogP contribution is -2.59. The summed E-state index contributed by atoms with van der Waals surface area (Å²) in [7, 11) is 0. The predicted octanol–water partition coefficient (Wildman–Crippen LogP) is 5.64. The van der Waals surface area contributed by atoms with Crippen LogP contribution in [0.15, 0.2) is 23.6 Å². The van der Waals surface area contributed by atoms with E-state index in [0.29, 0.717) is 12.8 Å². The summed E-state index contributed by atoms with van der Waals surface area (Å²) in [6.07, 6.45) is 5.42. The molecule has 4 aliphatic carbocycles. The minimum atomic E-state index is -1.56. The molecule has 0 saturated heterocycles. The molecule has 4 aliphatic rings. The van der Waals surface area contributed by atoms with Crippen LogP contribution >= 0.6 is 0 Å². The van der Waals surface area contributed by atoms with E-state index in [4.69, 9.17) is 4.74 Å². The third kappa shape index (κ3) is 3.71. The number of ether oxygens (including phenoxy) is 1. The molecule has 0 aliphatic heterocycles. The van der Waals surface area contributed by atoms with E-state index in [-0.39, 0.29) is 47.7 Å². The molecule has 0 aromatic rings. The van der Waals surface area contributed by atoms with E-state index in [1.54, 1.807) is 13.0 Å². The first-order valence-electron chi connectivity index (χ1n) is 12.8. The van der Waals surface area contributed by atoms with E-state index < -0.39 is 34.7 Å². The number of halogens is 2. The van der Waals surface area contributed by atoms with Gasteiger partial charge in [0, 0.05) is 28.7 Å². The highest BCUT2D eigenvalue weighted by atomic mass is 19.1. The molecule has 0 unspecified atom stereocenters. The Balaban J connectivity index is 1.66. The predicted molar refractivity (Wildman–Crippen MR) is 122 cm³/mol. The van der Waals surface area contributed by atoms with Gasteiger partial charge in [0.2, 0.25) is 5.78 Å². The van der Waals surface area contributed by atoms with Crippen molar-refractivity contribution in [3.05, 3.63) is 23.6 Å². The minimum absolute atomic E-state index is 0.0741. The maximum absolute atomic E-state index is 15.5. The fourth-order valence-electron chi connectivity index (χ4n) is 8.08. The van der Waals surface area contributed by atoms with Crippen LogP contribution in [0.3, 0.4) is 0 Å². The lowest BCUT2D eigenvalue weighted by Gasteiger charge is -2.59. The summed E-state index contributed by atoms with van der Waals surface area (Å²) < 4.78 is 36.4.